The van der Waals surface area contributed by atoms with Crippen LogP contribution in [-0.2, 0) is 6.54 Å². The number of aromatic nitrogens is 2. The fourth-order valence-corrected chi connectivity index (χ4v) is 3.76. The van der Waals surface area contributed by atoms with E-state index < -0.39 is 0 Å². The van der Waals surface area contributed by atoms with Crippen molar-refractivity contribution in [3.63, 3.8) is 0 Å². The van der Waals surface area contributed by atoms with Crippen LogP contribution in [0.1, 0.15) is 27.5 Å². The zero-order valence-electron chi connectivity index (χ0n) is 13.9. The number of rotatable bonds is 4. The summed E-state index contributed by atoms with van der Waals surface area (Å²) in [4.78, 5) is 12.9. The van der Waals surface area contributed by atoms with Gasteiger partial charge in [-0.15, -0.1) is 11.3 Å². The van der Waals surface area contributed by atoms with Crippen molar-refractivity contribution in [3.05, 3.63) is 70.6 Å². The smallest absolute Gasteiger partial charge is 0.272 e. The first-order valence-corrected chi connectivity index (χ1v) is 8.86. The number of carbonyl (C=O) groups is 1. The monoisotopic (exact) mass is 351 g/mol. The van der Waals surface area contributed by atoms with Gasteiger partial charge in [-0.2, -0.15) is 0 Å². The van der Waals surface area contributed by atoms with E-state index in [0.717, 1.165) is 15.8 Å². The van der Waals surface area contributed by atoms with Gasteiger partial charge in [0.25, 0.3) is 5.91 Å². The summed E-state index contributed by atoms with van der Waals surface area (Å²) < 4.78 is 8.28. The number of thiophene rings is 1. The summed E-state index contributed by atoms with van der Waals surface area (Å²) in [6.07, 6.45) is 0. The first kappa shape index (κ1) is 15.7. The van der Waals surface area contributed by atoms with Gasteiger partial charge in [0.2, 0.25) is 0 Å². The van der Waals surface area contributed by atoms with Crippen LogP contribution in [0.15, 0.2) is 52.4 Å². The number of amides is 1. The zero-order valence-corrected chi connectivity index (χ0v) is 14.8. The van der Waals surface area contributed by atoms with Crippen LogP contribution in [0.5, 0.6) is 0 Å². The molecule has 6 heteroatoms. The predicted molar refractivity (Wildman–Crippen MR) is 99.3 cm³/mol. The zero-order chi connectivity index (χ0) is 17.4. The molecule has 3 heterocycles. The summed E-state index contributed by atoms with van der Waals surface area (Å²) in [5, 5.41) is 8.88. The molecule has 0 fully saturated rings. The second-order valence-electron chi connectivity index (χ2n) is 5.92. The molecular weight excluding hydrogens is 334 g/mol. The Bertz CT molecular complexity index is 1020. The molecule has 1 aromatic carbocycles. The van der Waals surface area contributed by atoms with E-state index in [1.54, 1.807) is 18.3 Å². The lowest BCUT2D eigenvalue weighted by Crippen LogP contribution is -2.18. The molecule has 1 amide bonds. The predicted octanol–water partition coefficient (Wildman–Crippen LogP) is 4.61. The lowest BCUT2D eigenvalue weighted by atomic mass is 10.2. The molecule has 0 unspecified atom stereocenters. The normalized spacial score (nSPS) is 11.1. The Labute approximate surface area is 148 Å². The highest BCUT2D eigenvalue weighted by Gasteiger charge is 2.19. The van der Waals surface area contributed by atoms with Gasteiger partial charge in [-0.3, -0.25) is 4.79 Å². The van der Waals surface area contributed by atoms with Crippen LogP contribution in [0.25, 0.3) is 10.2 Å². The van der Waals surface area contributed by atoms with Crippen molar-refractivity contribution in [2.45, 2.75) is 20.4 Å². The van der Waals surface area contributed by atoms with E-state index in [1.165, 1.54) is 0 Å². The van der Waals surface area contributed by atoms with Gasteiger partial charge in [-0.25, -0.2) is 0 Å². The van der Waals surface area contributed by atoms with E-state index in [9.17, 15) is 4.79 Å². The van der Waals surface area contributed by atoms with Crippen molar-refractivity contribution in [2.24, 2.45) is 0 Å². The van der Waals surface area contributed by atoms with Gasteiger partial charge >= 0.3 is 0 Å². The molecular formula is C19H17N3O2S. The summed E-state index contributed by atoms with van der Waals surface area (Å²) >= 11 is 1.63. The van der Waals surface area contributed by atoms with Crippen LogP contribution in [0.2, 0.25) is 0 Å². The first-order valence-electron chi connectivity index (χ1n) is 7.98. The molecule has 0 aliphatic heterocycles. The molecule has 25 heavy (non-hydrogen) atoms. The summed E-state index contributed by atoms with van der Waals surface area (Å²) in [5.41, 5.74) is 4.16. The molecule has 0 saturated heterocycles. The van der Waals surface area contributed by atoms with Crippen molar-refractivity contribution < 1.29 is 9.32 Å². The number of hydrogen-bond acceptors (Lipinski definition) is 4. The molecule has 0 atom stereocenters. The highest BCUT2D eigenvalue weighted by Crippen LogP contribution is 2.27. The third kappa shape index (κ3) is 2.85. The molecule has 1 N–H and O–H groups in total. The third-order valence-electron chi connectivity index (χ3n) is 4.21. The van der Waals surface area contributed by atoms with E-state index in [1.807, 2.05) is 36.6 Å². The molecule has 3 aromatic heterocycles. The summed E-state index contributed by atoms with van der Waals surface area (Å²) in [5.74, 6) is 0.447. The molecule has 0 aliphatic carbocycles. The quantitative estimate of drug-likeness (QED) is 0.584. The SMILES string of the molecule is Cc1noc(C)c1NC(=O)c1cc2sccc2n1Cc1ccccc1. The Morgan fingerprint density at radius 3 is 2.76 bits per heavy atom. The van der Waals surface area contributed by atoms with Crippen LogP contribution in [0.3, 0.4) is 0 Å². The maximum atomic E-state index is 12.9. The minimum absolute atomic E-state index is 0.159. The van der Waals surface area contributed by atoms with Crippen LogP contribution >= 0.6 is 11.3 Å². The van der Waals surface area contributed by atoms with Crippen molar-refractivity contribution in [2.75, 3.05) is 5.32 Å². The van der Waals surface area contributed by atoms with Gasteiger partial charge in [0.15, 0.2) is 5.76 Å². The van der Waals surface area contributed by atoms with E-state index in [-0.39, 0.29) is 5.91 Å². The Balaban J connectivity index is 1.72. The van der Waals surface area contributed by atoms with E-state index >= 15 is 0 Å². The average molecular weight is 351 g/mol. The molecule has 0 saturated carbocycles. The van der Waals surface area contributed by atoms with Crippen LogP contribution < -0.4 is 5.32 Å². The standard InChI is InChI=1S/C19H17N3O2S/c1-12-18(13(2)24-21-12)20-19(23)16-10-17-15(8-9-25-17)22(16)11-14-6-4-3-5-7-14/h3-10H,11H2,1-2H3,(H,20,23). The topological polar surface area (TPSA) is 60.1 Å². The maximum absolute atomic E-state index is 12.9. The largest absolute Gasteiger partial charge is 0.359 e. The lowest BCUT2D eigenvalue weighted by molar-refractivity contribution is 0.101. The van der Waals surface area contributed by atoms with Gasteiger partial charge in [-0.1, -0.05) is 35.5 Å². The lowest BCUT2D eigenvalue weighted by Gasteiger charge is -2.11. The summed E-state index contributed by atoms with van der Waals surface area (Å²) in [6.45, 7) is 4.25. The van der Waals surface area contributed by atoms with E-state index in [2.05, 4.69) is 33.2 Å². The molecule has 5 nitrogen and oxygen atoms in total. The first-order chi connectivity index (χ1) is 12.1. The molecule has 0 radical (unpaired) electrons. The van der Waals surface area contributed by atoms with Crippen molar-refractivity contribution in [3.8, 4) is 0 Å². The molecule has 0 bridgehead atoms. The van der Waals surface area contributed by atoms with Crippen molar-refractivity contribution >= 4 is 33.1 Å². The van der Waals surface area contributed by atoms with Crippen LogP contribution in [0.4, 0.5) is 5.69 Å². The Morgan fingerprint density at radius 1 is 1.24 bits per heavy atom. The number of fused-ring (bicyclic) bond motifs is 1. The summed E-state index contributed by atoms with van der Waals surface area (Å²) in [7, 11) is 0. The second kappa shape index (κ2) is 6.22. The molecule has 4 aromatic rings. The number of hydrogen-bond donors (Lipinski definition) is 1. The Hall–Kier alpha value is -2.86. The van der Waals surface area contributed by atoms with E-state index in [0.29, 0.717) is 29.4 Å². The van der Waals surface area contributed by atoms with Gasteiger partial charge in [-0.05, 0) is 36.9 Å². The average Bonchev–Trinajstić information content (AvgIpc) is 3.28. The fraction of sp³-hybridized carbons (Fsp3) is 0.158. The van der Waals surface area contributed by atoms with Gasteiger partial charge in [0.05, 0.1) is 10.2 Å². The highest BCUT2D eigenvalue weighted by atomic mass is 32.1. The number of anilines is 1. The third-order valence-corrected chi connectivity index (χ3v) is 5.06. The fourth-order valence-electron chi connectivity index (χ4n) is 2.94. The Kier molecular flexibility index (Phi) is 3.89. The number of nitrogens with zero attached hydrogens (tertiary/aromatic N) is 2. The molecule has 126 valence electrons. The van der Waals surface area contributed by atoms with Crippen LogP contribution in [-0.4, -0.2) is 15.6 Å². The second-order valence-corrected chi connectivity index (χ2v) is 6.87. The van der Waals surface area contributed by atoms with Gasteiger partial charge in [0, 0.05) is 6.54 Å². The number of benzene rings is 1. The van der Waals surface area contributed by atoms with Crippen LogP contribution in [0, 0.1) is 13.8 Å². The number of carbonyl (C=O) groups excluding carboxylic acids is 1. The van der Waals surface area contributed by atoms with Crippen molar-refractivity contribution in [1.29, 1.82) is 0 Å². The minimum Gasteiger partial charge on any atom is -0.359 e. The summed E-state index contributed by atoms with van der Waals surface area (Å²) in [6, 6.07) is 14.1. The maximum Gasteiger partial charge on any atom is 0.272 e. The molecule has 0 spiro atoms. The number of aryl methyl sites for hydroxylation is 2. The van der Waals surface area contributed by atoms with Gasteiger partial charge in [0.1, 0.15) is 17.1 Å². The van der Waals surface area contributed by atoms with E-state index in [4.69, 9.17) is 4.52 Å². The van der Waals surface area contributed by atoms with Gasteiger partial charge < -0.3 is 14.4 Å². The number of nitrogens with one attached hydrogen (secondary N) is 1. The Morgan fingerprint density at radius 2 is 2.04 bits per heavy atom. The highest BCUT2D eigenvalue weighted by molar-refractivity contribution is 7.17. The minimum atomic E-state index is -0.159. The molecule has 0 aliphatic rings. The molecule has 4 rings (SSSR count). The van der Waals surface area contributed by atoms with Crippen molar-refractivity contribution in [1.82, 2.24) is 9.72 Å².